The van der Waals surface area contributed by atoms with Gasteiger partial charge in [-0.05, 0) is 36.4 Å². The standard InChI is InChI=1S/C16H17ClFN3O3S/c1-20(2)25(23,24)21(13-9-7-12(18)8-10-13)11-16(22)19-15-6-4-3-5-14(15)17/h3-10H,11H2,1-2H3,(H,19,22). The van der Waals surface area contributed by atoms with Gasteiger partial charge < -0.3 is 5.32 Å². The number of halogens is 2. The number of hydrogen-bond donors (Lipinski definition) is 1. The third kappa shape index (κ3) is 4.68. The molecule has 1 amide bonds. The number of nitrogens with one attached hydrogen (secondary N) is 1. The summed E-state index contributed by atoms with van der Waals surface area (Å²) < 4.78 is 40.0. The minimum absolute atomic E-state index is 0.171. The molecule has 0 saturated carbocycles. The Kier molecular flexibility index (Phi) is 5.99. The molecule has 9 heteroatoms. The van der Waals surface area contributed by atoms with Gasteiger partial charge in [0.1, 0.15) is 12.4 Å². The Bertz CT molecular complexity index is 857. The summed E-state index contributed by atoms with van der Waals surface area (Å²) in [5, 5.41) is 2.90. The van der Waals surface area contributed by atoms with Crippen LogP contribution in [-0.4, -0.2) is 39.3 Å². The summed E-state index contributed by atoms with van der Waals surface area (Å²) in [5.41, 5.74) is 0.542. The van der Waals surface area contributed by atoms with Crippen LogP contribution in [0.25, 0.3) is 0 Å². The van der Waals surface area contributed by atoms with E-state index in [1.165, 1.54) is 26.2 Å². The van der Waals surface area contributed by atoms with E-state index in [0.29, 0.717) is 10.7 Å². The second-order valence-corrected chi connectivity index (χ2v) is 7.78. The topological polar surface area (TPSA) is 69.7 Å². The second kappa shape index (κ2) is 7.81. The van der Waals surface area contributed by atoms with E-state index in [0.717, 1.165) is 20.7 Å². The molecule has 6 nitrogen and oxygen atoms in total. The number of carbonyl (C=O) groups is 1. The molecule has 0 fully saturated rings. The number of hydrogen-bond acceptors (Lipinski definition) is 3. The van der Waals surface area contributed by atoms with E-state index in [-0.39, 0.29) is 5.69 Å². The summed E-state index contributed by atoms with van der Waals surface area (Å²) in [6.07, 6.45) is 0. The monoisotopic (exact) mass is 385 g/mol. The van der Waals surface area contributed by atoms with Crippen molar-refractivity contribution in [1.29, 1.82) is 0 Å². The summed E-state index contributed by atoms with van der Waals surface area (Å²) in [4.78, 5) is 12.3. The third-order valence-electron chi connectivity index (χ3n) is 3.29. The van der Waals surface area contributed by atoms with Crippen LogP contribution in [0.1, 0.15) is 0 Å². The molecule has 2 aromatic rings. The van der Waals surface area contributed by atoms with Crippen LogP contribution >= 0.6 is 11.6 Å². The number of rotatable bonds is 6. The van der Waals surface area contributed by atoms with E-state index in [1.54, 1.807) is 24.3 Å². The van der Waals surface area contributed by atoms with Crippen LogP contribution < -0.4 is 9.62 Å². The molecule has 0 saturated heterocycles. The molecule has 0 atom stereocenters. The van der Waals surface area contributed by atoms with Gasteiger partial charge in [-0.2, -0.15) is 12.7 Å². The molecule has 25 heavy (non-hydrogen) atoms. The summed E-state index contributed by atoms with van der Waals surface area (Å²) in [6.45, 7) is -0.489. The number of para-hydroxylation sites is 1. The predicted octanol–water partition coefficient (Wildman–Crippen LogP) is 2.73. The molecule has 0 heterocycles. The van der Waals surface area contributed by atoms with Gasteiger partial charge in [0, 0.05) is 14.1 Å². The van der Waals surface area contributed by atoms with E-state index in [4.69, 9.17) is 11.6 Å². The van der Waals surface area contributed by atoms with Gasteiger partial charge in [-0.3, -0.25) is 4.79 Å². The third-order valence-corrected chi connectivity index (χ3v) is 5.44. The Morgan fingerprint density at radius 3 is 2.28 bits per heavy atom. The van der Waals surface area contributed by atoms with Gasteiger partial charge >= 0.3 is 10.2 Å². The molecule has 2 aromatic carbocycles. The Morgan fingerprint density at radius 2 is 1.72 bits per heavy atom. The SMILES string of the molecule is CN(C)S(=O)(=O)N(CC(=O)Nc1ccccc1Cl)c1ccc(F)cc1. The average molecular weight is 386 g/mol. The molecule has 0 spiro atoms. The first-order valence-electron chi connectivity index (χ1n) is 7.22. The van der Waals surface area contributed by atoms with Crippen molar-refractivity contribution in [3.8, 4) is 0 Å². The van der Waals surface area contributed by atoms with Gasteiger partial charge in [-0.15, -0.1) is 0 Å². The molecule has 0 aliphatic heterocycles. The maximum absolute atomic E-state index is 13.1. The fourth-order valence-electron chi connectivity index (χ4n) is 1.99. The maximum atomic E-state index is 13.1. The highest BCUT2D eigenvalue weighted by Crippen LogP contribution is 2.22. The van der Waals surface area contributed by atoms with Crippen molar-refractivity contribution >= 4 is 39.1 Å². The quantitative estimate of drug-likeness (QED) is 0.831. The molecule has 0 bridgehead atoms. The van der Waals surface area contributed by atoms with Crippen molar-refractivity contribution in [2.24, 2.45) is 0 Å². The smallest absolute Gasteiger partial charge is 0.304 e. The van der Waals surface area contributed by atoms with Crippen LogP contribution in [0.4, 0.5) is 15.8 Å². The van der Waals surface area contributed by atoms with Crippen LogP contribution in [0.5, 0.6) is 0 Å². The van der Waals surface area contributed by atoms with Crippen molar-refractivity contribution in [2.75, 3.05) is 30.3 Å². The fourth-order valence-corrected chi connectivity index (χ4v) is 3.24. The largest absolute Gasteiger partial charge is 0.323 e. The van der Waals surface area contributed by atoms with Crippen LogP contribution in [0.2, 0.25) is 5.02 Å². The minimum atomic E-state index is -3.95. The average Bonchev–Trinajstić information content (AvgIpc) is 2.55. The molecular formula is C16H17ClFN3O3S. The highest BCUT2D eigenvalue weighted by Gasteiger charge is 2.27. The highest BCUT2D eigenvalue weighted by atomic mass is 35.5. The van der Waals surface area contributed by atoms with Gasteiger partial charge in [0.2, 0.25) is 5.91 Å². The Hall–Kier alpha value is -2.16. The maximum Gasteiger partial charge on any atom is 0.304 e. The van der Waals surface area contributed by atoms with E-state index in [9.17, 15) is 17.6 Å². The molecule has 0 radical (unpaired) electrons. The molecule has 0 unspecified atom stereocenters. The first-order chi connectivity index (χ1) is 11.7. The van der Waals surface area contributed by atoms with Gasteiger partial charge in [0.15, 0.2) is 0 Å². The minimum Gasteiger partial charge on any atom is -0.323 e. The lowest BCUT2D eigenvalue weighted by atomic mass is 10.3. The Morgan fingerprint density at radius 1 is 1.12 bits per heavy atom. The lowest BCUT2D eigenvalue weighted by Gasteiger charge is -2.27. The zero-order valence-electron chi connectivity index (χ0n) is 13.6. The lowest BCUT2D eigenvalue weighted by Crippen LogP contribution is -2.44. The van der Waals surface area contributed by atoms with Gasteiger partial charge in [0.25, 0.3) is 0 Å². The molecule has 0 aliphatic rings. The van der Waals surface area contributed by atoms with Gasteiger partial charge in [0.05, 0.1) is 16.4 Å². The number of benzene rings is 2. The van der Waals surface area contributed by atoms with Crippen molar-refractivity contribution in [1.82, 2.24) is 4.31 Å². The van der Waals surface area contributed by atoms with Crippen molar-refractivity contribution < 1.29 is 17.6 Å². The molecule has 0 aromatic heterocycles. The first kappa shape index (κ1) is 19.2. The summed E-state index contributed by atoms with van der Waals surface area (Å²) in [5.74, 6) is -1.09. The Labute approximate surface area is 151 Å². The highest BCUT2D eigenvalue weighted by molar-refractivity contribution is 7.90. The fraction of sp³-hybridized carbons (Fsp3) is 0.188. The van der Waals surface area contributed by atoms with E-state index >= 15 is 0 Å². The zero-order chi connectivity index (χ0) is 18.6. The number of carbonyl (C=O) groups excluding carboxylic acids is 1. The predicted molar refractivity (Wildman–Crippen MR) is 96.4 cm³/mol. The number of nitrogens with zero attached hydrogens (tertiary/aromatic N) is 2. The zero-order valence-corrected chi connectivity index (χ0v) is 15.2. The van der Waals surface area contributed by atoms with Crippen molar-refractivity contribution in [2.45, 2.75) is 0 Å². The van der Waals surface area contributed by atoms with E-state index < -0.39 is 28.5 Å². The summed E-state index contributed by atoms with van der Waals surface area (Å²) >= 11 is 5.98. The normalized spacial score (nSPS) is 11.4. The number of anilines is 2. The lowest BCUT2D eigenvalue weighted by molar-refractivity contribution is -0.114. The summed E-state index contributed by atoms with van der Waals surface area (Å²) in [6, 6.07) is 11.4. The molecule has 1 N–H and O–H groups in total. The van der Waals surface area contributed by atoms with E-state index in [1.807, 2.05) is 0 Å². The van der Waals surface area contributed by atoms with Crippen LogP contribution in [0.15, 0.2) is 48.5 Å². The first-order valence-corrected chi connectivity index (χ1v) is 8.99. The van der Waals surface area contributed by atoms with Crippen LogP contribution in [0.3, 0.4) is 0 Å². The van der Waals surface area contributed by atoms with Gasteiger partial charge in [-0.25, -0.2) is 8.70 Å². The van der Waals surface area contributed by atoms with Crippen LogP contribution in [-0.2, 0) is 15.0 Å². The molecule has 0 aliphatic carbocycles. The number of amides is 1. The van der Waals surface area contributed by atoms with Crippen molar-refractivity contribution in [3.63, 3.8) is 0 Å². The van der Waals surface area contributed by atoms with Crippen LogP contribution in [0, 0.1) is 5.82 Å². The molecule has 134 valence electrons. The van der Waals surface area contributed by atoms with Gasteiger partial charge in [-0.1, -0.05) is 23.7 Å². The Balaban J connectivity index is 2.29. The van der Waals surface area contributed by atoms with Crippen molar-refractivity contribution in [3.05, 3.63) is 59.4 Å². The summed E-state index contributed by atoms with van der Waals surface area (Å²) in [7, 11) is -1.26. The molecule has 2 rings (SSSR count). The second-order valence-electron chi connectivity index (χ2n) is 5.30. The molecular weight excluding hydrogens is 369 g/mol. The van der Waals surface area contributed by atoms with E-state index in [2.05, 4.69) is 5.32 Å².